The number of piperazine rings is 1. The third-order valence-electron chi connectivity index (χ3n) is 6.51. The molecule has 32 heavy (non-hydrogen) atoms. The average Bonchev–Trinajstić information content (AvgIpc) is 2.83. The molecule has 1 heterocycles. The van der Waals surface area contributed by atoms with Crippen LogP contribution in [0.2, 0.25) is 0 Å². The van der Waals surface area contributed by atoms with Gasteiger partial charge in [0.2, 0.25) is 0 Å². The fraction of sp³-hybridized carbons (Fsp3) is 0.379. The van der Waals surface area contributed by atoms with Crippen molar-refractivity contribution < 1.29 is 4.74 Å². The van der Waals surface area contributed by atoms with E-state index in [2.05, 4.69) is 109 Å². The first-order valence-electron chi connectivity index (χ1n) is 11.9. The Bertz CT molecular complexity index is 963. The van der Waals surface area contributed by atoms with Gasteiger partial charge in [0.15, 0.2) is 0 Å². The number of para-hydroxylation sites is 1. The van der Waals surface area contributed by atoms with E-state index in [1.807, 2.05) is 0 Å². The van der Waals surface area contributed by atoms with E-state index in [0.717, 1.165) is 44.9 Å². The standard InChI is InChI=1S/C29H36N2O/c1-23(2)28-15-14-27(22-24(28)3)32-29(25-10-6-4-7-11-25)16-17-30-18-20-31(21-19-30)26-12-8-5-9-13-26/h4-15,22-23,29H,16-21H2,1-3H3. The highest BCUT2D eigenvalue weighted by Gasteiger charge is 2.20. The van der Waals surface area contributed by atoms with Gasteiger partial charge in [0.25, 0.3) is 0 Å². The summed E-state index contributed by atoms with van der Waals surface area (Å²) in [6.07, 6.45) is 1.05. The predicted octanol–water partition coefficient (Wildman–Crippen LogP) is 6.45. The van der Waals surface area contributed by atoms with Crippen molar-refractivity contribution in [3.8, 4) is 5.75 Å². The monoisotopic (exact) mass is 428 g/mol. The molecule has 1 aliphatic heterocycles. The molecule has 3 heteroatoms. The van der Waals surface area contributed by atoms with Crippen molar-refractivity contribution in [1.29, 1.82) is 0 Å². The Balaban J connectivity index is 1.38. The lowest BCUT2D eigenvalue weighted by Gasteiger charge is -2.36. The van der Waals surface area contributed by atoms with Gasteiger partial charge in [-0.15, -0.1) is 0 Å². The Morgan fingerprint density at radius 3 is 2.09 bits per heavy atom. The summed E-state index contributed by atoms with van der Waals surface area (Å²) in [7, 11) is 0. The van der Waals surface area contributed by atoms with Crippen molar-refractivity contribution in [2.45, 2.75) is 39.2 Å². The quantitative estimate of drug-likeness (QED) is 0.410. The van der Waals surface area contributed by atoms with Crippen LogP contribution < -0.4 is 9.64 Å². The summed E-state index contributed by atoms with van der Waals surface area (Å²) < 4.78 is 6.56. The van der Waals surface area contributed by atoms with Gasteiger partial charge >= 0.3 is 0 Å². The molecule has 1 saturated heterocycles. The normalized spacial score (nSPS) is 15.7. The van der Waals surface area contributed by atoms with Crippen molar-refractivity contribution in [2.24, 2.45) is 0 Å². The SMILES string of the molecule is Cc1cc(OC(CCN2CCN(c3ccccc3)CC2)c2ccccc2)ccc1C(C)C. The van der Waals surface area contributed by atoms with Crippen molar-refractivity contribution in [1.82, 2.24) is 4.90 Å². The van der Waals surface area contributed by atoms with Crippen LogP contribution in [0.4, 0.5) is 5.69 Å². The highest BCUT2D eigenvalue weighted by molar-refractivity contribution is 5.46. The zero-order valence-electron chi connectivity index (χ0n) is 19.7. The Morgan fingerprint density at radius 2 is 1.47 bits per heavy atom. The Kier molecular flexibility index (Phi) is 7.49. The second-order valence-electron chi connectivity index (χ2n) is 9.14. The maximum atomic E-state index is 6.56. The van der Waals surface area contributed by atoms with E-state index < -0.39 is 0 Å². The third kappa shape index (κ3) is 5.72. The van der Waals surface area contributed by atoms with Crippen LogP contribution in [0.5, 0.6) is 5.75 Å². The van der Waals surface area contributed by atoms with Gasteiger partial charge in [0.05, 0.1) is 0 Å². The van der Waals surface area contributed by atoms with Gasteiger partial charge in [-0.3, -0.25) is 4.90 Å². The summed E-state index contributed by atoms with van der Waals surface area (Å²) in [5, 5.41) is 0. The second kappa shape index (κ2) is 10.7. The molecule has 1 aliphatic rings. The number of anilines is 1. The zero-order chi connectivity index (χ0) is 22.3. The molecule has 3 aromatic rings. The average molecular weight is 429 g/mol. The van der Waals surface area contributed by atoms with Gasteiger partial charge in [-0.25, -0.2) is 0 Å². The largest absolute Gasteiger partial charge is 0.486 e. The molecule has 0 aromatic heterocycles. The van der Waals surface area contributed by atoms with E-state index in [4.69, 9.17) is 4.74 Å². The van der Waals surface area contributed by atoms with E-state index in [0.29, 0.717) is 5.92 Å². The van der Waals surface area contributed by atoms with Gasteiger partial charge in [-0.1, -0.05) is 68.4 Å². The van der Waals surface area contributed by atoms with Gasteiger partial charge in [-0.05, 0) is 53.8 Å². The molecule has 3 nitrogen and oxygen atoms in total. The topological polar surface area (TPSA) is 15.7 Å². The summed E-state index contributed by atoms with van der Waals surface area (Å²) in [6, 6.07) is 28.0. The molecular weight excluding hydrogens is 392 g/mol. The lowest BCUT2D eigenvalue weighted by Crippen LogP contribution is -2.46. The van der Waals surface area contributed by atoms with Crippen molar-refractivity contribution in [3.63, 3.8) is 0 Å². The zero-order valence-corrected chi connectivity index (χ0v) is 19.7. The highest BCUT2D eigenvalue weighted by Crippen LogP contribution is 2.29. The molecule has 0 spiro atoms. The number of hydrogen-bond acceptors (Lipinski definition) is 3. The lowest BCUT2D eigenvalue weighted by atomic mass is 9.98. The minimum Gasteiger partial charge on any atom is -0.486 e. The van der Waals surface area contributed by atoms with E-state index in [9.17, 15) is 0 Å². The lowest BCUT2D eigenvalue weighted by molar-refractivity contribution is 0.160. The van der Waals surface area contributed by atoms with Crippen LogP contribution in [0.25, 0.3) is 0 Å². The molecule has 0 N–H and O–H groups in total. The number of benzene rings is 3. The molecule has 168 valence electrons. The molecule has 0 saturated carbocycles. The van der Waals surface area contributed by atoms with Crippen LogP contribution in [0, 0.1) is 6.92 Å². The predicted molar refractivity (Wildman–Crippen MR) is 135 cm³/mol. The number of aryl methyl sites for hydroxylation is 1. The molecular formula is C29H36N2O. The highest BCUT2D eigenvalue weighted by atomic mass is 16.5. The Morgan fingerprint density at radius 1 is 0.812 bits per heavy atom. The summed E-state index contributed by atoms with van der Waals surface area (Å²) in [4.78, 5) is 5.06. The van der Waals surface area contributed by atoms with Crippen LogP contribution in [0.3, 0.4) is 0 Å². The summed E-state index contributed by atoms with van der Waals surface area (Å²) in [5.41, 5.74) is 5.28. The van der Waals surface area contributed by atoms with E-state index in [-0.39, 0.29) is 6.10 Å². The number of hydrogen-bond donors (Lipinski definition) is 0. The van der Waals surface area contributed by atoms with Crippen LogP contribution >= 0.6 is 0 Å². The minimum absolute atomic E-state index is 0.0626. The maximum absolute atomic E-state index is 6.56. The first-order valence-corrected chi connectivity index (χ1v) is 11.9. The number of nitrogens with zero attached hydrogens (tertiary/aromatic N) is 2. The molecule has 0 bridgehead atoms. The number of rotatable bonds is 8. The molecule has 1 unspecified atom stereocenters. The number of ether oxygens (including phenoxy) is 1. The fourth-order valence-electron chi connectivity index (χ4n) is 4.66. The third-order valence-corrected chi connectivity index (χ3v) is 6.51. The summed E-state index contributed by atoms with van der Waals surface area (Å²) in [6.45, 7) is 12.1. The van der Waals surface area contributed by atoms with Crippen molar-refractivity contribution in [2.75, 3.05) is 37.6 Å². The van der Waals surface area contributed by atoms with Crippen LogP contribution in [0.1, 0.15) is 49.0 Å². The minimum atomic E-state index is 0.0626. The molecule has 0 amide bonds. The fourth-order valence-corrected chi connectivity index (χ4v) is 4.66. The van der Waals surface area contributed by atoms with Crippen LogP contribution in [0.15, 0.2) is 78.9 Å². The van der Waals surface area contributed by atoms with E-state index >= 15 is 0 Å². The summed E-state index contributed by atoms with van der Waals surface area (Å²) >= 11 is 0. The van der Waals surface area contributed by atoms with Crippen LogP contribution in [-0.4, -0.2) is 37.6 Å². The molecule has 3 aromatic carbocycles. The molecule has 0 radical (unpaired) electrons. The maximum Gasteiger partial charge on any atom is 0.125 e. The van der Waals surface area contributed by atoms with Crippen LogP contribution in [-0.2, 0) is 0 Å². The summed E-state index contributed by atoms with van der Waals surface area (Å²) in [5.74, 6) is 1.50. The van der Waals surface area contributed by atoms with Crippen molar-refractivity contribution >= 4 is 5.69 Å². The molecule has 1 fully saturated rings. The van der Waals surface area contributed by atoms with Gasteiger partial charge < -0.3 is 9.64 Å². The Hall–Kier alpha value is -2.78. The molecule has 4 rings (SSSR count). The van der Waals surface area contributed by atoms with Gasteiger partial charge in [0.1, 0.15) is 11.9 Å². The van der Waals surface area contributed by atoms with Crippen molar-refractivity contribution in [3.05, 3.63) is 95.6 Å². The molecule has 1 atom stereocenters. The first kappa shape index (κ1) is 22.4. The smallest absolute Gasteiger partial charge is 0.125 e. The Labute approximate surface area is 193 Å². The second-order valence-corrected chi connectivity index (χ2v) is 9.14. The van der Waals surface area contributed by atoms with E-state index in [1.54, 1.807) is 0 Å². The van der Waals surface area contributed by atoms with Gasteiger partial charge in [0, 0.05) is 44.8 Å². The first-order chi connectivity index (χ1) is 15.6. The van der Waals surface area contributed by atoms with E-state index in [1.165, 1.54) is 22.4 Å². The van der Waals surface area contributed by atoms with Gasteiger partial charge in [-0.2, -0.15) is 0 Å². The molecule has 0 aliphatic carbocycles.